The van der Waals surface area contributed by atoms with Gasteiger partial charge in [0, 0.05) is 19.6 Å². The summed E-state index contributed by atoms with van der Waals surface area (Å²) in [6.45, 7) is 4.69. The lowest BCUT2D eigenvalue weighted by molar-refractivity contribution is 0.0342. The molecule has 0 radical (unpaired) electrons. The molecule has 1 fully saturated rings. The fraction of sp³-hybridized carbons (Fsp3) is 0.294. The molecular weight excluding hydrogens is 250 g/mol. The zero-order chi connectivity index (χ0) is 13.8. The Labute approximate surface area is 119 Å². The topological polar surface area (TPSA) is 32.7 Å². The number of aromatic hydroxyl groups is 1. The van der Waals surface area contributed by atoms with E-state index in [1.165, 1.54) is 11.1 Å². The molecule has 0 aliphatic carbocycles. The van der Waals surface area contributed by atoms with Gasteiger partial charge in [0.25, 0.3) is 0 Å². The fourth-order valence-electron chi connectivity index (χ4n) is 2.47. The molecule has 1 saturated heterocycles. The third kappa shape index (κ3) is 3.18. The van der Waals surface area contributed by atoms with Crippen molar-refractivity contribution < 1.29 is 9.84 Å². The number of hydrogen-bond donors (Lipinski definition) is 1. The van der Waals surface area contributed by atoms with Crippen LogP contribution >= 0.6 is 0 Å². The largest absolute Gasteiger partial charge is 0.508 e. The predicted octanol–water partition coefficient (Wildman–Crippen LogP) is 2.89. The van der Waals surface area contributed by atoms with Crippen LogP contribution in [-0.2, 0) is 11.3 Å². The minimum atomic E-state index is 0.303. The average molecular weight is 269 g/mol. The van der Waals surface area contributed by atoms with Crippen molar-refractivity contribution in [1.82, 2.24) is 4.90 Å². The quantitative estimate of drug-likeness (QED) is 0.930. The highest BCUT2D eigenvalue weighted by molar-refractivity contribution is 5.64. The molecule has 20 heavy (non-hydrogen) atoms. The maximum Gasteiger partial charge on any atom is 0.115 e. The van der Waals surface area contributed by atoms with Crippen LogP contribution in [0.1, 0.15) is 5.56 Å². The lowest BCUT2D eigenvalue weighted by Crippen LogP contribution is -2.35. The third-order valence-electron chi connectivity index (χ3n) is 3.66. The SMILES string of the molecule is Oc1ccc(-c2ccc(CN3CCOCC3)cc2)cc1. The summed E-state index contributed by atoms with van der Waals surface area (Å²) in [5, 5.41) is 9.31. The van der Waals surface area contributed by atoms with E-state index in [2.05, 4.69) is 29.2 Å². The number of benzene rings is 2. The summed E-state index contributed by atoms with van der Waals surface area (Å²) in [5.41, 5.74) is 3.63. The van der Waals surface area contributed by atoms with Crippen LogP contribution in [0.3, 0.4) is 0 Å². The van der Waals surface area contributed by atoms with Crippen LogP contribution < -0.4 is 0 Å². The van der Waals surface area contributed by atoms with Gasteiger partial charge in [-0.25, -0.2) is 0 Å². The number of nitrogens with zero attached hydrogens (tertiary/aromatic N) is 1. The molecule has 3 nitrogen and oxygen atoms in total. The number of phenols is 1. The summed E-state index contributed by atoms with van der Waals surface area (Å²) >= 11 is 0. The number of rotatable bonds is 3. The minimum absolute atomic E-state index is 0.303. The molecule has 1 N–H and O–H groups in total. The van der Waals surface area contributed by atoms with E-state index in [1.54, 1.807) is 12.1 Å². The number of morpholine rings is 1. The van der Waals surface area contributed by atoms with Gasteiger partial charge in [-0.2, -0.15) is 0 Å². The van der Waals surface area contributed by atoms with E-state index in [0.29, 0.717) is 5.75 Å². The van der Waals surface area contributed by atoms with Crippen molar-refractivity contribution in [2.75, 3.05) is 26.3 Å². The molecular formula is C17H19NO2. The van der Waals surface area contributed by atoms with E-state index in [1.807, 2.05) is 12.1 Å². The maximum absolute atomic E-state index is 9.31. The fourth-order valence-corrected chi connectivity index (χ4v) is 2.47. The summed E-state index contributed by atoms with van der Waals surface area (Å²) in [4.78, 5) is 2.42. The smallest absolute Gasteiger partial charge is 0.115 e. The van der Waals surface area contributed by atoms with E-state index in [0.717, 1.165) is 38.4 Å². The summed E-state index contributed by atoms with van der Waals surface area (Å²) in [6.07, 6.45) is 0. The molecule has 0 amide bonds. The normalized spacial score (nSPS) is 16.2. The first kappa shape index (κ1) is 13.2. The van der Waals surface area contributed by atoms with Crippen LogP contribution in [0, 0.1) is 0 Å². The van der Waals surface area contributed by atoms with Crippen molar-refractivity contribution in [3.8, 4) is 16.9 Å². The van der Waals surface area contributed by atoms with Gasteiger partial charge in [-0.1, -0.05) is 36.4 Å². The standard InChI is InChI=1S/C17H19NO2/c19-17-7-5-16(6-8-17)15-3-1-14(2-4-15)13-18-9-11-20-12-10-18/h1-8,19H,9-13H2. The predicted molar refractivity (Wildman–Crippen MR) is 79.6 cm³/mol. The highest BCUT2D eigenvalue weighted by atomic mass is 16.5. The van der Waals surface area contributed by atoms with Crippen LogP contribution in [0.2, 0.25) is 0 Å². The Balaban J connectivity index is 1.69. The maximum atomic E-state index is 9.31. The van der Waals surface area contributed by atoms with Crippen molar-refractivity contribution in [3.05, 3.63) is 54.1 Å². The van der Waals surface area contributed by atoms with Gasteiger partial charge in [0.2, 0.25) is 0 Å². The Morgan fingerprint density at radius 3 is 2.00 bits per heavy atom. The molecule has 2 aromatic carbocycles. The summed E-state index contributed by atoms with van der Waals surface area (Å²) in [7, 11) is 0. The van der Waals surface area contributed by atoms with E-state index in [9.17, 15) is 5.11 Å². The zero-order valence-corrected chi connectivity index (χ0v) is 11.5. The highest BCUT2D eigenvalue weighted by Crippen LogP contribution is 2.22. The number of hydrogen-bond acceptors (Lipinski definition) is 3. The molecule has 0 spiro atoms. The van der Waals surface area contributed by atoms with Gasteiger partial charge >= 0.3 is 0 Å². The van der Waals surface area contributed by atoms with Crippen molar-refractivity contribution in [2.45, 2.75) is 6.54 Å². The minimum Gasteiger partial charge on any atom is -0.508 e. The summed E-state index contributed by atoms with van der Waals surface area (Å²) in [6, 6.07) is 16.0. The van der Waals surface area contributed by atoms with Crippen molar-refractivity contribution in [2.24, 2.45) is 0 Å². The molecule has 3 heteroatoms. The van der Waals surface area contributed by atoms with Crippen LogP contribution in [0.15, 0.2) is 48.5 Å². The first-order chi connectivity index (χ1) is 9.81. The van der Waals surface area contributed by atoms with Gasteiger partial charge in [-0.3, -0.25) is 4.90 Å². The molecule has 0 bridgehead atoms. The first-order valence-corrected chi connectivity index (χ1v) is 7.00. The molecule has 3 rings (SSSR count). The Kier molecular flexibility index (Phi) is 4.00. The molecule has 1 heterocycles. The Hall–Kier alpha value is -1.84. The van der Waals surface area contributed by atoms with Crippen molar-refractivity contribution >= 4 is 0 Å². The van der Waals surface area contributed by atoms with E-state index >= 15 is 0 Å². The molecule has 0 saturated carbocycles. The average Bonchev–Trinajstić information content (AvgIpc) is 2.50. The molecule has 2 aromatic rings. The van der Waals surface area contributed by atoms with Crippen LogP contribution in [0.5, 0.6) is 5.75 Å². The van der Waals surface area contributed by atoms with Crippen LogP contribution in [0.4, 0.5) is 0 Å². The Morgan fingerprint density at radius 2 is 1.40 bits per heavy atom. The Morgan fingerprint density at radius 1 is 0.850 bits per heavy atom. The third-order valence-corrected chi connectivity index (χ3v) is 3.66. The second-order valence-electron chi connectivity index (χ2n) is 5.13. The van der Waals surface area contributed by atoms with Gasteiger partial charge in [0.1, 0.15) is 5.75 Å². The van der Waals surface area contributed by atoms with Gasteiger partial charge in [-0.05, 0) is 28.8 Å². The first-order valence-electron chi connectivity index (χ1n) is 7.00. The van der Waals surface area contributed by atoms with Gasteiger partial charge in [-0.15, -0.1) is 0 Å². The Bertz CT molecular complexity index is 542. The second kappa shape index (κ2) is 6.07. The van der Waals surface area contributed by atoms with E-state index in [-0.39, 0.29) is 0 Å². The lowest BCUT2D eigenvalue weighted by Gasteiger charge is -2.26. The van der Waals surface area contributed by atoms with E-state index in [4.69, 9.17) is 4.74 Å². The van der Waals surface area contributed by atoms with Crippen LogP contribution in [-0.4, -0.2) is 36.3 Å². The van der Waals surface area contributed by atoms with Crippen molar-refractivity contribution in [1.29, 1.82) is 0 Å². The number of ether oxygens (including phenoxy) is 1. The van der Waals surface area contributed by atoms with Gasteiger partial charge in [0.05, 0.1) is 13.2 Å². The van der Waals surface area contributed by atoms with Crippen LogP contribution in [0.25, 0.3) is 11.1 Å². The van der Waals surface area contributed by atoms with Gasteiger partial charge < -0.3 is 9.84 Å². The lowest BCUT2D eigenvalue weighted by atomic mass is 10.0. The highest BCUT2D eigenvalue weighted by Gasteiger charge is 2.10. The van der Waals surface area contributed by atoms with Gasteiger partial charge in [0.15, 0.2) is 0 Å². The number of phenolic OH excluding ortho intramolecular Hbond substituents is 1. The molecule has 0 atom stereocenters. The monoisotopic (exact) mass is 269 g/mol. The molecule has 104 valence electrons. The summed E-state index contributed by atoms with van der Waals surface area (Å²) in [5.74, 6) is 0.303. The van der Waals surface area contributed by atoms with E-state index < -0.39 is 0 Å². The van der Waals surface area contributed by atoms with Crippen molar-refractivity contribution in [3.63, 3.8) is 0 Å². The summed E-state index contributed by atoms with van der Waals surface area (Å²) < 4.78 is 5.36. The molecule has 1 aliphatic rings. The second-order valence-corrected chi connectivity index (χ2v) is 5.13. The molecule has 0 aromatic heterocycles. The molecule has 0 unspecified atom stereocenters. The molecule has 1 aliphatic heterocycles. The zero-order valence-electron chi connectivity index (χ0n) is 11.5.